The SMILES string of the molecule is CC1CCCC(C)N1S(=O)(=O)c1cc([N+](=O)[O-])c(NN)s1. The van der Waals surface area contributed by atoms with Gasteiger partial charge in [-0.25, -0.2) is 14.3 Å². The van der Waals surface area contributed by atoms with Crippen molar-refractivity contribution in [2.24, 2.45) is 5.84 Å². The number of sulfonamides is 1. The first-order valence-corrected chi connectivity index (χ1v) is 8.83. The summed E-state index contributed by atoms with van der Waals surface area (Å²) in [5.41, 5.74) is 1.87. The molecule has 0 radical (unpaired) electrons. The molecule has 8 nitrogen and oxygen atoms in total. The van der Waals surface area contributed by atoms with Crippen LogP contribution in [-0.2, 0) is 10.0 Å². The molecule has 0 spiro atoms. The van der Waals surface area contributed by atoms with E-state index < -0.39 is 14.9 Å². The lowest BCUT2D eigenvalue weighted by Crippen LogP contribution is -2.47. The fraction of sp³-hybridized carbons (Fsp3) is 0.636. The van der Waals surface area contributed by atoms with Crippen LogP contribution in [0.2, 0.25) is 0 Å². The molecule has 0 saturated carbocycles. The molecule has 0 amide bonds. The van der Waals surface area contributed by atoms with E-state index in [0.29, 0.717) is 0 Å². The van der Waals surface area contributed by atoms with Crippen molar-refractivity contribution in [2.75, 3.05) is 5.43 Å². The van der Waals surface area contributed by atoms with E-state index in [2.05, 4.69) is 5.43 Å². The second-order valence-electron chi connectivity index (χ2n) is 5.15. The lowest BCUT2D eigenvalue weighted by Gasteiger charge is -2.37. The van der Waals surface area contributed by atoms with Crippen molar-refractivity contribution in [1.29, 1.82) is 0 Å². The Hall–Kier alpha value is -1.23. The number of hydrogen-bond donors (Lipinski definition) is 2. The number of piperidine rings is 1. The van der Waals surface area contributed by atoms with Crippen LogP contribution < -0.4 is 11.3 Å². The first-order valence-electron chi connectivity index (χ1n) is 6.57. The van der Waals surface area contributed by atoms with Crippen molar-refractivity contribution in [3.05, 3.63) is 16.2 Å². The summed E-state index contributed by atoms with van der Waals surface area (Å²) in [4.78, 5) is 10.3. The summed E-state index contributed by atoms with van der Waals surface area (Å²) in [7, 11) is -3.75. The number of nitrogens with two attached hydrogens (primary N) is 1. The highest BCUT2D eigenvalue weighted by molar-refractivity contribution is 7.91. The zero-order valence-electron chi connectivity index (χ0n) is 11.8. The molecule has 1 aliphatic rings. The number of hydrogen-bond acceptors (Lipinski definition) is 7. The van der Waals surface area contributed by atoms with Gasteiger partial charge in [0.25, 0.3) is 10.0 Å². The van der Waals surface area contributed by atoms with Crippen molar-refractivity contribution in [3.63, 3.8) is 0 Å². The Kier molecular flexibility index (Phi) is 4.51. The minimum absolute atomic E-state index is 0.0379. The monoisotopic (exact) mass is 334 g/mol. The number of anilines is 1. The van der Waals surface area contributed by atoms with Gasteiger partial charge in [-0.05, 0) is 26.7 Å². The van der Waals surface area contributed by atoms with Crippen LogP contribution in [0.15, 0.2) is 10.3 Å². The number of hydrazine groups is 1. The van der Waals surface area contributed by atoms with Crippen molar-refractivity contribution >= 4 is 32.0 Å². The standard InChI is InChI=1S/C11H18N4O4S2/c1-7-4-3-5-8(2)14(7)21(18,19)10-6-9(15(16)17)11(13-12)20-10/h6-8,13H,3-5,12H2,1-2H3. The van der Waals surface area contributed by atoms with Gasteiger partial charge in [0.1, 0.15) is 4.21 Å². The highest BCUT2D eigenvalue weighted by Crippen LogP contribution is 2.39. The van der Waals surface area contributed by atoms with Gasteiger partial charge in [-0.1, -0.05) is 17.8 Å². The van der Waals surface area contributed by atoms with Crippen LogP contribution in [0.4, 0.5) is 10.7 Å². The number of thiophene rings is 1. The molecule has 1 aromatic heterocycles. The molecular formula is C11H18N4O4S2. The molecule has 21 heavy (non-hydrogen) atoms. The molecular weight excluding hydrogens is 316 g/mol. The van der Waals surface area contributed by atoms with Crippen LogP contribution in [0.5, 0.6) is 0 Å². The summed E-state index contributed by atoms with van der Waals surface area (Å²) in [6, 6.07) is 0.840. The topological polar surface area (TPSA) is 119 Å². The molecule has 0 aliphatic carbocycles. The van der Waals surface area contributed by atoms with Gasteiger partial charge in [0.2, 0.25) is 0 Å². The molecule has 3 N–H and O–H groups in total. The zero-order valence-corrected chi connectivity index (χ0v) is 13.4. The average Bonchev–Trinajstić information content (AvgIpc) is 2.83. The van der Waals surface area contributed by atoms with E-state index >= 15 is 0 Å². The molecule has 1 aromatic rings. The third-order valence-corrected chi connectivity index (χ3v) is 7.30. The second kappa shape index (κ2) is 5.87. The summed E-state index contributed by atoms with van der Waals surface area (Å²) in [5.74, 6) is 5.23. The zero-order chi connectivity index (χ0) is 15.8. The largest absolute Gasteiger partial charge is 0.310 e. The molecule has 2 heterocycles. The summed E-state index contributed by atoms with van der Waals surface area (Å²) in [6.45, 7) is 3.72. The van der Waals surface area contributed by atoms with Gasteiger partial charge in [0.05, 0.1) is 4.92 Å². The quantitative estimate of drug-likeness (QED) is 0.493. The lowest BCUT2D eigenvalue weighted by molar-refractivity contribution is -0.383. The number of nitrogen functional groups attached to an aromatic ring is 1. The molecule has 0 bridgehead atoms. The van der Waals surface area contributed by atoms with E-state index in [1.54, 1.807) is 0 Å². The lowest BCUT2D eigenvalue weighted by atomic mass is 10.0. The minimum atomic E-state index is -3.75. The summed E-state index contributed by atoms with van der Waals surface area (Å²) < 4.78 is 26.9. The Morgan fingerprint density at radius 2 is 2.00 bits per heavy atom. The number of nitro groups is 1. The minimum Gasteiger partial charge on any atom is -0.310 e. The highest BCUT2D eigenvalue weighted by atomic mass is 32.2. The maximum absolute atomic E-state index is 12.8. The Morgan fingerprint density at radius 3 is 2.43 bits per heavy atom. The van der Waals surface area contributed by atoms with E-state index in [-0.39, 0.29) is 27.0 Å². The highest BCUT2D eigenvalue weighted by Gasteiger charge is 2.38. The number of nitrogens with one attached hydrogen (secondary N) is 1. The van der Waals surface area contributed by atoms with Crippen LogP contribution in [-0.4, -0.2) is 29.7 Å². The fourth-order valence-electron chi connectivity index (χ4n) is 2.70. The predicted molar refractivity (Wildman–Crippen MR) is 80.6 cm³/mol. The van der Waals surface area contributed by atoms with Gasteiger partial charge in [-0.3, -0.25) is 10.1 Å². The van der Waals surface area contributed by atoms with Crippen LogP contribution in [0.3, 0.4) is 0 Å². The van der Waals surface area contributed by atoms with Crippen molar-refractivity contribution < 1.29 is 13.3 Å². The van der Waals surface area contributed by atoms with Gasteiger partial charge in [-0.2, -0.15) is 4.31 Å². The van der Waals surface area contributed by atoms with E-state index in [1.165, 1.54) is 4.31 Å². The molecule has 10 heteroatoms. The predicted octanol–water partition coefficient (Wildman–Crippen LogP) is 1.89. The van der Waals surface area contributed by atoms with Gasteiger partial charge in [0, 0.05) is 18.2 Å². The number of nitrogens with zero attached hydrogens (tertiary/aromatic N) is 2. The van der Waals surface area contributed by atoms with Crippen LogP contribution >= 0.6 is 11.3 Å². The van der Waals surface area contributed by atoms with E-state index in [0.717, 1.165) is 36.7 Å². The first-order chi connectivity index (χ1) is 9.78. The van der Waals surface area contributed by atoms with Gasteiger partial charge in [-0.15, -0.1) is 0 Å². The normalized spacial score (nSPS) is 24.0. The third-order valence-electron chi connectivity index (χ3n) is 3.66. The van der Waals surface area contributed by atoms with E-state index in [4.69, 9.17) is 5.84 Å². The van der Waals surface area contributed by atoms with Gasteiger partial charge in [0.15, 0.2) is 5.00 Å². The van der Waals surface area contributed by atoms with Crippen LogP contribution in [0.25, 0.3) is 0 Å². The maximum atomic E-state index is 12.8. The fourth-order valence-corrected chi connectivity index (χ4v) is 5.93. The van der Waals surface area contributed by atoms with Gasteiger partial charge < -0.3 is 5.43 Å². The molecule has 118 valence electrons. The van der Waals surface area contributed by atoms with E-state index in [1.807, 2.05) is 13.8 Å². The molecule has 0 aromatic carbocycles. The van der Waals surface area contributed by atoms with Crippen molar-refractivity contribution in [1.82, 2.24) is 4.31 Å². The van der Waals surface area contributed by atoms with Crippen molar-refractivity contribution in [2.45, 2.75) is 49.4 Å². The Balaban J connectivity index is 2.46. The van der Waals surface area contributed by atoms with Crippen LogP contribution in [0, 0.1) is 10.1 Å². The summed E-state index contributed by atoms with van der Waals surface area (Å²) >= 11 is 0.785. The third kappa shape index (κ3) is 2.89. The summed E-state index contributed by atoms with van der Waals surface area (Å²) in [5, 5.41) is 11.0. The molecule has 1 aliphatic heterocycles. The molecule has 2 atom stereocenters. The Morgan fingerprint density at radius 1 is 1.43 bits per heavy atom. The maximum Gasteiger partial charge on any atom is 0.306 e. The summed E-state index contributed by atoms with van der Waals surface area (Å²) in [6.07, 6.45) is 2.56. The van der Waals surface area contributed by atoms with Gasteiger partial charge >= 0.3 is 5.69 Å². The first kappa shape index (κ1) is 16.1. The molecule has 2 unspecified atom stereocenters. The average molecular weight is 334 g/mol. The van der Waals surface area contributed by atoms with Crippen LogP contribution in [0.1, 0.15) is 33.1 Å². The Labute approximate surface area is 127 Å². The second-order valence-corrected chi connectivity index (χ2v) is 8.27. The smallest absolute Gasteiger partial charge is 0.306 e. The number of rotatable bonds is 4. The molecule has 1 saturated heterocycles. The molecule has 2 rings (SSSR count). The van der Waals surface area contributed by atoms with E-state index in [9.17, 15) is 18.5 Å². The Bertz CT molecular complexity index is 633. The molecule has 1 fully saturated rings. The van der Waals surface area contributed by atoms with Crippen molar-refractivity contribution in [3.8, 4) is 0 Å².